The molecule has 1 fully saturated rings. The van der Waals surface area contributed by atoms with Crippen molar-refractivity contribution in [3.05, 3.63) is 35.9 Å². The molecule has 0 amide bonds. The molecule has 0 radical (unpaired) electrons. The minimum atomic E-state index is -0.555. The molecule has 4 heteroatoms. The molecule has 1 unspecified atom stereocenters. The van der Waals surface area contributed by atoms with Crippen LogP contribution >= 0.6 is 0 Å². The summed E-state index contributed by atoms with van der Waals surface area (Å²) < 4.78 is 0. The van der Waals surface area contributed by atoms with Crippen molar-refractivity contribution in [2.45, 2.75) is 57.2 Å². The van der Waals surface area contributed by atoms with Crippen LogP contribution in [0.25, 0.3) is 0 Å². The molecule has 2 rings (SSSR count). The third kappa shape index (κ3) is 5.75. The van der Waals surface area contributed by atoms with E-state index >= 15 is 0 Å². The summed E-state index contributed by atoms with van der Waals surface area (Å²) >= 11 is 0. The first kappa shape index (κ1) is 16.4. The number of aliphatic hydroxyl groups is 1. The molecule has 2 atom stereocenters. The van der Waals surface area contributed by atoms with Crippen LogP contribution in [-0.4, -0.2) is 28.8 Å². The lowest BCUT2D eigenvalue weighted by Crippen LogP contribution is -2.46. The molecule has 0 aromatic heterocycles. The first-order chi connectivity index (χ1) is 10.1. The second-order valence-corrected chi connectivity index (χ2v) is 6.39. The molecule has 1 aromatic carbocycles. The van der Waals surface area contributed by atoms with Crippen molar-refractivity contribution in [3.8, 4) is 0 Å². The Morgan fingerprint density at radius 3 is 2.48 bits per heavy atom. The standard InChI is InChI=1S/C17H29N3O/c18-16(11-14-7-3-1-4-8-14)17(21)13-20(19)12-15-9-5-2-6-10-15/h2,5-6,9-10,14,16-17,21H,1,3-4,7-8,11-13,18-19H2/t16?,17-/m0/s1. The summed E-state index contributed by atoms with van der Waals surface area (Å²) in [6, 6.07) is 9.87. The van der Waals surface area contributed by atoms with Crippen molar-refractivity contribution in [3.63, 3.8) is 0 Å². The molecule has 0 heterocycles. The average Bonchev–Trinajstić information content (AvgIpc) is 2.49. The van der Waals surface area contributed by atoms with Gasteiger partial charge in [0.1, 0.15) is 0 Å². The van der Waals surface area contributed by atoms with Gasteiger partial charge in [0.15, 0.2) is 0 Å². The summed E-state index contributed by atoms with van der Waals surface area (Å²) in [6.45, 7) is 1.05. The van der Waals surface area contributed by atoms with Crippen LogP contribution in [0.5, 0.6) is 0 Å². The van der Waals surface area contributed by atoms with Gasteiger partial charge in [0.2, 0.25) is 0 Å². The molecule has 0 saturated heterocycles. The Kier molecular flexibility index (Phi) is 6.64. The quantitative estimate of drug-likeness (QED) is 0.531. The van der Waals surface area contributed by atoms with Gasteiger partial charge in [-0.2, -0.15) is 0 Å². The van der Waals surface area contributed by atoms with E-state index in [0.29, 0.717) is 19.0 Å². The highest BCUT2D eigenvalue weighted by molar-refractivity contribution is 5.14. The van der Waals surface area contributed by atoms with Gasteiger partial charge >= 0.3 is 0 Å². The van der Waals surface area contributed by atoms with E-state index in [1.54, 1.807) is 5.01 Å². The zero-order chi connectivity index (χ0) is 15.1. The molecule has 0 aliphatic heterocycles. The molecule has 0 bridgehead atoms. The highest BCUT2D eigenvalue weighted by Crippen LogP contribution is 2.27. The maximum atomic E-state index is 10.3. The topological polar surface area (TPSA) is 75.5 Å². The number of hydrazine groups is 1. The Morgan fingerprint density at radius 1 is 1.14 bits per heavy atom. The Balaban J connectivity index is 1.73. The minimum Gasteiger partial charge on any atom is -0.390 e. The van der Waals surface area contributed by atoms with Crippen LogP contribution in [0.2, 0.25) is 0 Å². The van der Waals surface area contributed by atoms with E-state index < -0.39 is 6.10 Å². The molecule has 1 aliphatic rings. The number of hydrogen-bond donors (Lipinski definition) is 3. The Labute approximate surface area is 128 Å². The molecular formula is C17H29N3O. The fraction of sp³-hybridized carbons (Fsp3) is 0.647. The maximum Gasteiger partial charge on any atom is 0.0831 e. The van der Waals surface area contributed by atoms with E-state index in [-0.39, 0.29) is 6.04 Å². The fourth-order valence-corrected chi connectivity index (χ4v) is 3.22. The zero-order valence-electron chi connectivity index (χ0n) is 12.8. The second-order valence-electron chi connectivity index (χ2n) is 6.39. The van der Waals surface area contributed by atoms with E-state index in [0.717, 1.165) is 12.0 Å². The van der Waals surface area contributed by atoms with Gasteiger partial charge in [-0.1, -0.05) is 62.4 Å². The summed E-state index contributed by atoms with van der Waals surface area (Å²) in [4.78, 5) is 0. The molecule has 4 nitrogen and oxygen atoms in total. The third-order valence-corrected chi connectivity index (χ3v) is 4.47. The summed E-state index contributed by atoms with van der Waals surface area (Å²) in [6.07, 6.45) is 6.85. The molecule has 21 heavy (non-hydrogen) atoms. The molecule has 5 N–H and O–H groups in total. The Morgan fingerprint density at radius 2 is 1.81 bits per heavy atom. The second kappa shape index (κ2) is 8.49. The lowest BCUT2D eigenvalue weighted by molar-refractivity contribution is 0.0775. The van der Waals surface area contributed by atoms with Gasteiger partial charge in [-0.3, -0.25) is 5.84 Å². The fourth-order valence-electron chi connectivity index (χ4n) is 3.22. The number of aliphatic hydroxyl groups excluding tert-OH is 1. The van der Waals surface area contributed by atoms with Crippen molar-refractivity contribution in [2.24, 2.45) is 17.5 Å². The van der Waals surface area contributed by atoms with Crippen LogP contribution in [0.1, 0.15) is 44.1 Å². The van der Waals surface area contributed by atoms with Crippen molar-refractivity contribution in [1.29, 1.82) is 0 Å². The number of rotatable bonds is 7. The predicted octanol–water partition coefficient (Wildman–Crippen LogP) is 2.02. The van der Waals surface area contributed by atoms with E-state index in [2.05, 4.69) is 0 Å². The summed E-state index contributed by atoms with van der Waals surface area (Å²) in [5.74, 6) is 6.68. The van der Waals surface area contributed by atoms with E-state index in [4.69, 9.17) is 11.6 Å². The Bertz CT molecular complexity index is 392. The van der Waals surface area contributed by atoms with Gasteiger partial charge < -0.3 is 10.8 Å². The van der Waals surface area contributed by atoms with Crippen molar-refractivity contribution in [1.82, 2.24) is 5.01 Å². The maximum absolute atomic E-state index is 10.3. The van der Waals surface area contributed by atoms with Crippen molar-refractivity contribution >= 4 is 0 Å². The summed E-state index contributed by atoms with van der Waals surface area (Å²) in [5.41, 5.74) is 7.30. The number of benzene rings is 1. The molecule has 1 saturated carbocycles. The number of hydrogen-bond acceptors (Lipinski definition) is 4. The van der Waals surface area contributed by atoms with Crippen LogP contribution in [0.3, 0.4) is 0 Å². The highest BCUT2D eigenvalue weighted by Gasteiger charge is 2.22. The normalized spacial score (nSPS) is 19.6. The van der Waals surface area contributed by atoms with Gasteiger partial charge in [0.25, 0.3) is 0 Å². The van der Waals surface area contributed by atoms with Crippen LogP contribution < -0.4 is 11.6 Å². The number of nitrogens with zero attached hydrogens (tertiary/aromatic N) is 1. The number of nitrogens with two attached hydrogens (primary N) is 2. The molecule has 118 valence electrons. The summed E-state index contributed by atoms with van der Waals surface area (Å²) in [5, 5.41) is 11.9. The van der Waals surface area contributed by atoms with Gasteiger partial charge in [0, 0.05) is 19.1 Å². The lowest BCUT2D eigenvalue weighted by Gasteiger charge is -2.29. The molecule has 0 spiro atoms. The van der Waals surface area contributed by atoms with E-state index in [1.807, 2.05) is 30.3 Å². The van der Waals surface area contributed by atoms with Crippen LogP contribution in [-0.2, 0) is 6.54 Å². The third-order valence-electron chi connectivity index (χ3n) is 4.47. The van der Waals surface area contributed by atoms with Gasteiger partial charge in [-0.15, -0.1) is 0 Å². The van der Waals surface area contributed by atoms with Gasteiger partial charge in [-0.25, -0.2) is 5.01 Å². The van der Waals surface area contributed by atoms with E-state index in [9.17, 15) is 5.11 Å². The SMILES string of the molecule is NC(CC1CCCCC1)[C@@H](O)CN(N)Cc1ccccc1. The molecule has 1 aromatic rings. The van der Waals surface area contributed by atoms with Crippen LogP contribution in [0, 0.1) is 5.92 Å². The van der Waals surface area contributed by atoms with Gasteiger partial charge in [-0.05, 0) is 17.9 Å². The lowest BCUT2D eigenvalue weighted by atomic mass is 9.84. The first-order valence-electron chi connectivity index (χ1n) is 8.12. The van der Waals surface area contributed by atoms with Crippen LogP contribution in [0.15, 0.2) is 30.3 Å². The monoisotopic (exact) mass is 291 g/mol. The van der Waals surface area contributed by atoms with Crippen molar-refractivity contribution in [2.75, 3.05) is 6.54 Å². The van der Waals surface area contributed by atoms with Crippen molar-refractivity contribution < 1.29 is 5.11 Å². The Hall–Kier alpha value is -0.940. The molecular weight excluding hydrogens is 262 g/mol. The predicted molar refractivity (Wildman–Crippen MR) is 86.2 cm³/mol. The average molecular weight is 291 g/mol. The summed E-state index contributed by atoms with van der Waals surface area (Å²) in [7, 11) is 0. The molecule has 1 aliphatic carbocycles. The minimum absolute atomic E-state index is 0.171. The first-order valence-corrected chi connectivity index (χ1v) is 8.12. The van der Waals surface area contributed by atoms with Gasteiger partial charge in [0.05, 0.1) is 6.10 Å². The zero-order valence-corrected chi connectivity index (χ0v) is 12.8. The van der Waals surface area contributed by atoms with Crippen LogP contribution in [0.4, 0.5) is 0 Å². The highest BCUT2D eigenvalue weighted by atomic mass is 16.3. The van der Waals surface area contributed by atoms with E-state index in [1.165, 1.54) is 32.1 Å². The smallest absolute Gasteiger partial charge is 0.0831 e. The largest absolute Gasteiger partial charge is 0.390 e.